The van der Waals surface area contributed by atoms with Gasteiger partial charge >= 0.3 is 0 Å². The van der Waals surface area contributed by atoms with Crippen molar-refractivity contribution in [3.8, 4) is 0 Å². The van der Waals surface area contributed by atoms with Gasteiger partial charge in [0, 0.05) is 0 Å². The lowest BCUT2D eigenvalue weighted by Crippen LogP contribution is -1.95. The van der Waals surface area contributed by atoms with Gasteiger partial charge in [-0.3, -0.25) is 0 Å². The maximum absolute atomic E-state index is 5.14. The summed E-state index contributed by atoms with van der Waals surface area (Å²) in [6.45, 7) is 2.98. The molecule has 0 aliphatic rings. The number of rotatable bonds is 2. The summed E-state index contributed by atoms with van der Waals surface area (Å²) in [4.78, 5) is 0. The van der Waals surface area contributed by atoms with E-state index in [1.54, 1.807) is 0 Å². The second kappa shape index (κ2) is 8.87. The van der Waals surface area contributed by atoms with E-state index in [0.29, 0.717) is 0 Å². The molecule has 6 heavy (non-hydrogen) atoms. The summed E-state index contributed by atoms with van der Waals surface area (Å²) in [5.74, 6) is 0. The molecule has 2 nitrogen and oxygen atoms in total. The zero-order valence-electron chi connectivity index (χ0n) is 4.41. The fourth-order valence-corrected chi connectivity index (χ4v) is 0.204. The fourth-order valence-electron chi connectivity index (χ4n) is 0.204. The average Bonchev–Trinajstić information content (AvgIpc) is 1.41. The van der Waals surface area contributed by atoms with Crippen LogP contribution < -0.4 is 11.9 Å². The molecule has 0 aliphatic heterocycles. The van der Waals surface area contributed by atoms with Crippen LogP contribution >= 0.6 is 0 Å². The normalized spacial score (nSPS) is 7.00. The summed E-state index contributed by atoms with van der Waals surface area (Å²) in [5.41, 5.74) is 5.14. The van der Waals surface area contributed by atoms with Crippen LogP contribution in [0.2, 0.25) is 0 Å². The Morgan fingerprint density at radius 3 is 2.00 bits per heavy atom. The van der Waals surface area contributed by atoms with Gasteiger partial charge < -0.3 is 11.9 Å². The van der Waals surface area contributed by atoms with Crippen molar-refractivity contribution < 1.29 is 0 Å². The maximum atomic E-state index is 5.14. The highest BCUT2D eigenvalue weighted by atomic mass is 14.5. The Hall–Kier alpha value is -0.0800. The summed E-state index contributed by atoms with van der Waals surface area (Å²) in [7, 11) is 0. The molecule has 0 saturated carbocycles. The van der Waals surface area contributed by atoms with Crippen molar-refractivity contribution >= 4 is 0 Å². The van der Waals surface area contributed by atoms with Crippen molar-refractivity contribution in [1.29, 1.82) is 0 Å². The first-order valence-corrected chi connectivity index (χ1v) is 2.12. The van der Waals surface area contributed by atoms with Crippen molar-refractivity contribution in [1.82, 2.24) is 6.15 Å². The van der Waals surface area contributed by atoms with E-state index in [9.17, 15) is 0 Å². The van der Waals surface area contributed by atoms with Crippen LogP contribution in [0, 0.1) is 0 Å². The van der Waals surface area contributed by atoms with E-state index in [4.69, 9.17) is 5.73 Å². The van der Waals surface area contributed by atoms with Gasteiger partial charge in [0.05, 0.1) is 0 Å². The Labute approximate surface area is 39.3 Å². The SMILES string of the molecule is CCCCN.N. The number of hydrogen-bond acceptors (Lipinski definition) is 2. The van der Waals surface area contributed by atoms with E-state index in [2.05, 4.69) is 6.92 Å². The fraction of sp³-hybridized carbons (Fsp3) is 1.00. The van der Waals surface area contributed by atoms with Gasteiger partial charge in [0.1, 0.15) is 0 Å². The van der Waals surface area contributed by atoms with Crippen LogP contribution in [-0.2, 0) is 0 Å². The van der Waals surface area contributed by atoms with Crippen molar-refractivity contribution in [3.05, 3.63) is 0 Å². The predicted molar refractivity (Wildman–Crippen MR) is 29.0 cm³/mol. The third-order valence-corrected chi connectivity index (χ3v) is 0.558. The first kappa shape index (κ1) is 9.33. The molecule has 2 heteroatoms. The van der Waals surface area contributed by atoms with Gasteiger partial charge in [-0.25, -0.2) is 0 Å². The zero-order chi connectivity index (χ0) is 4.12. The molecule has 0 amide bonds. The number of unbranched alkanes of at least 4 members (excludes halogenated alkanes) is 1. The van der Waals surface area contributed by atoms with Crippen LogP contribution in [0.4, 0.5) is 0 Å². The summed E-state index contributed by atoms with van der Waals surface area (Å²) in [5, 5.41) is 0. The first-order valence-electron chi connectivity index (χ1n) is 2.12. The standard InChI is InChI=1S/C4H11N.H3N/c1-2-3-4-5;/h2-5H2,1H3;1H3. The van der Waals surface area contributed by atoms with Gasteiger partial charge in [0.15, 0.2) is 0 Å². The van der Waals surface area contributed by atoms with Crippen LogP contribution in [-0.4, -0.2) is 6.54 Å². The minimum Gasteiger partial charge on any atom is -0.344 e. The Kier molecular flexibility index (Phi) is 13.8. The van der Waals surface area contributed by atoms with Gasteiger partial charge in [-0.05, 0) is 13.0 Å². The van der Waals surface area contributed by atoms with Gasteiger partial charge in [-0.15, -0.1) is 0 Å². The minimum absolute atomic E-state index is 0. The molecule has 0 fully saturated rings. The largest absolute Gasteiger partial charge is 0.344 e. The van der Waals surface area contributed by atoms with E-state index < -0.39 is 0 Å². The molecule has 0 unspecified atom stereocenters. The quantitative estimate of drug-likeness (QED) is 0.529. The van der Waals surface area contributed by atoms with Crippen LogP contribution in [0.3, 0.4) is 0 Å². The summed E-state index contributed by atoms with van der Waals surface area (Å²) in [6.07, 6.45) is 2.39. The molecule has 0 aromatic heterocycles. The molecule has 0 aliphatic carbocycles. The second-order valence-electron chi connectivity index (χ2n) is 1.14. The van der Waals surface area contributed by atoms with Gasteiger partial charge in [-0.1, -0.05) is 13.3 Å². The molecule has 0 radical (unpaired) electrons. The van der Waals surface area contributed by atoms with Gasteiger partial charge in [0.2, 0.25) is 0 Å². The highest BCUT2D eigenvalue weighted by molar-refractivity contribution is 4.29. The molecule has 0 spiro atoms. The van der Waals surface area contributed by atoms with Crippen molar-refractivity contribution in [2.45, 2.75) is 19.8 Å². The third kappa shape index (κ3) is 9.07. The molecule has 5 N–H and O–H groups in total. The smallest absolute Gasteiger partial charge is 0.00774 e. The van der Waals surface area contributed by atoms with Gasteiger partial charge in [-0.2, -0.15) is 0 Å². The number of nitrogens with two attached hydrogens (primary N) is 1. The lowest BCUT2D eigenvalue weighted by Gasteiger charge is -1.80. The molecule has 0 heterocycles. The Morgan fingerprint density at radius 2 is 2.00 bits per heavy atom. The van der Waals surface area contributed by atoms with E-state index in [-0.39, 0.29) is 6.15 Å². The van der Waals surface area contributed by atoms with E-state index in [1.165, 1.54) is 12.8 Å². The average molecular weight is 90.2 g/mol. The Morgan fingerprint density at radius 1 is 1.50 bits per heavy atom. The molecule has 0 saturated heterocycles. The highest BCUT2D eigenvalue weighted by Gasteiger charge is 1.67. The summed E-state index contributed by atoms with van der Waals surface area (Å²) >= 11 is 0. The second-order valence-corrected chi connectivity index (χ2v) is 1.14. The molecule has 0 rings (SSSR count). The molecular weight excluding hydrogens is 76.1 g/mol. The van der Waals surface area contributed by atoms with Crippen LogP contribution in [0.5, 0.6) is 0 Å². The Bertz CT molecular complexity index is 13.0. The number of hydrogen-bond donors (Lipinski definition) is 2. The van der Waals surface area contributed by atoms with E-state index in [1.807, 2.05) is 0 Å². The molecular formula is C4H14N2. The monoisotopic (exact) mass is 90.1 g/mol. The highest BCUT2D eigenvalue weighted by Crippen LogP contribution is 1.77. The van der Waals surface area contributed by atoms with Crippen molar-refractivity contribution in [2.75, 3.05) is 6.54 Å². The molecule has 40 valence electrons. The van der Waals surface area contributed by atoms with Crippen molar-refractivity contribution in [3.63, 3.8) is 0 Å². The lowest BCUT2D eigenvalue weighted by molar-refractivity contribution is 0.807. The zero-order valence-corrected chi connectivity index (χ0v) is 4.41. The minimum atomic E-state index is 0. The predicted octanol–water partition coefficient (Wildman–Crippen LogP) is 0.907. The lowest BCUT2D eigenvalue weighted by atomic mass is 10.3. The van der Waals surface area contributed by atoms with Gasteiger partial charge in [0.25, 0.3) is 0 Å². The molecule has 0 aromatic carbocycles. The third-order valence-electron chi connectivity index (χ3n) is 0.558. The van der Waals surface area contributed by atoms with Crippen LogP contribution in [0.15, 0.2) is 0 Å². The molecule has 0 bridgehead atoms. The molecule has 0 aromatic rings. The maximum Gasteiger partial charge on any atom is -0.00774 e. The van der Waals surface area contributed by atoms with E-state index >= 15 is 0 Å². The molecule has 0 atom stereocenters. The van der Waals surface area contributed by atoms with Crippen LogP contribution in [0.1, 0.15) is 19.8 Å². The Balaban J connectivity index is 0. The summed E-state index contributed by atoms with van der Waals surface area (Å²) < 4.78 is 0. The topological polar surface area (TPSA) is 61.0 Å². The van der Waals surface area contributed by atoms with E-state index in [0.717, 1.165) is 6.54 Å². The van der Waals surface area contributed by atoms with Crippen LogP contribution in [0.25, 0.3) is 0 Å². The van der Waals surface area contributed by atoms with Crippen molar-refractivity contribution in [2.24, 2.45) is 5.73 Å². The first-order chi connectivity index (χ1) is 2.41. The summed E-state index contributed by atoms with van der Waals surface area (Å²) in [6, 6.07) is 0.